The van der Waals surface area contributed by atoms with Crippen molar-refractivity contribution in [3.63, 3.8) is 0 Å². The first kappa shape index (κ1) is 19.1. The molecule has 0 aromatic carbocycles. The van der Waals surface area contributed by atoms with Gasteiger partial charge in [0.25, 0.3) is 0 Å². The van der Waals surface area contributed by atoms with Crippen LogP contribution in [0.25, 0.3) is 0 Å². The van der Waals surface area contributed by atoms with Gasteiger partial charge in [0.2, 0.25) is 15.0 Å². The monoisotopic (exact) mass is 407 g/mol. The lowest BCUT2D eigenvalue weighted by atomic mass is 10.0. The fraction of sp³-hybridized carbons (Fsp3) is 0.667. The summed E-state index contributed by atoms with van der Waals surface area (Å²) in [6.45, 7) is 2.46. The van der Waals surface area contributed by atoms with Gasteiger partial charge >= 0.3 is 11.8 Å². The number of anilines is 1. The summed E-state index contributed by atoms with van der Waals surface area (Å²) < 4.78 is 24.0. The summed E-state index contributed by atoms with van der Waals surface area (Å²) in [4.78, 5) is 37.8. The van der Waals surface area contributed by atoms with Gasteiger partial charge in [-0.15, -0.1) is 0 Å². The standard InChI is InChI=1S/C18H25N5O4S/c1-21(2)16(24)17(25)23-9-12-7-22(8-13(12)10-23)15-6-14(11-4-5-11)19-18(20-15)28(3,26)27/h6,11-13H,4-5,7-10H2,1-3H3/t12-,13+. The van der Waals surface area contributed by atoms with Gasteiger partial charge in [-0.2, -0.15) is 0 Å². The van der Waals surface area contributed by atoms with E-state index in [-0.39, 0.29) is 17.0 Å². The molecule has 0 spiro atoms. The van der Waals surface area contributed by atoms with Crippen molar-refractivity contribution in [3.8, 4) is 0 Å². The van der Waals surface area contributed by atoms with Gasteiger partial charge < -0.3 is 14.7 Å². The van der Waals surface area contributed by atoms with Crippen LogP contribution in [-0.2, 0) is 19.4 Å². The van der Waals surface area contributed by atoms with Gasteiger partial charge in [-0.1, -0.05) is 0 Å². The number of nitrogens with zero attached hydrogens (tertiary/aromatic N) is 5. The Bertz CT molecular complexity index is 914. The minimum Gasteiger partial charge on any atom is -0.356 e. The number of aromatic nitrogens is 2. The maximum absolute atomic E-state index is 12.3. The highest BCUT2D eigenvalue weighted by Crippen LogP contribution is 2.41. The molecule has 0 bridgehead atoms. The van der Waals surface area contributed by atoms with Crippen LogP contribution in [0.4, 0.5) is 5.82 Å². The third-order valence-electron chi connectivity index (χ3n) is 5.73. The number of likely N-dealkylation sites (N-methyl/N-ethyl adjacent to an activating group) is 1. The average molecular weight is 407 g/mol. The molecule has 4 rings (SSSR count). The number of amides is 2. The highest BCUT2D eigenvalue weighted by atomic mass is 32.2. The molecule has 1 aromatic heterocycles. The van der Waals surface area contributed by atoms with E-state index in [1.165, 1.54) is 4.90 Å². The number of rotatable bonds is 3. The van der Waals surface area contributed by atoms with Crippen molar-refractivity contribution in [1.29, 1.82) is 0 Å². The largest absolute Gasteiger partial charge is 0.356 e. The van der Waals surface area contributed by atoms with Gasteiger partial charge in [0.1, 0.15) is 5.82 Å². The van der Waals surface area contributed by atoms with Crippen LogP contribution in [0.1, 0.15) is 24.5 Å². The van der Waals surface area contributed by atoms with Crippen LogP contribution in [0, 0.1) is 11.8 Å². The normalized spacial score (nSPS) is 24.4. The minimum absolute atomic E-state index is 0.114. The van der Waals surface area contributed by atoms with E-state index in [0.717, 1.165) is 24.8 Å². The summed E-state index contributed by atoms with van der Waals surface area (Å²) >= 11 is 0. The fourth-order valence-electron chi connectivity index (χ4n) is 4.02. The van der Waals surface area contributed by atoms with Gasteiger partial charge in [-0.05, 0) is 12.8 Å². The molecule has 28 heavy (non-hydrogen) atoms. The Morgan fingerprint density at radius 1 is 1.07 bits per heavy atom. The zero-order chi connectivity index (χ0) is 20.2. The van der Waals surface area contributed by atoms with Crippen molar-refractivity contribution in [1.82, 2.24) is 19.8 Å². The van der Waals surface area contributed by atoms with Crippen LogP contribution in [-0.4, -0.2) is 86.5 Å². The summed E-state index contributed by atoms with van der Waals surface area (Å²) in [6.07, 6.45) is 3.19. The van der Waals surface area contributed by atoms with Gasteiger partial charge in [0.05, 0.1) is 5.69 Å². The van der Waals surface area contributed by atoms with Crippen LogP contribution in [0.2, 0.25) is 0 Å². The van der Waals surface area contributed by atoms with E-state index < -0.39 is 21.7 Å². The summed E-state index contributed by atoms with van der Waals surface area (Å²) in [7, 11) is -0.335. The van der Waals surface area contributed by atoms with Crippen molar-refractivity contribution >= 4 is 27.5 Å². The molecular weight excluding hydrogens is 382 g/mol. The number of likely N-dealkylation sites (tertiary alicyclic amines) is 1. The van der Waals surface area contributed by atoms with E-state index in [0.29, 0.717) is 37.9 Å². The zero-order valence-electron chi connectivity index (χ0n) is 16.3. The lowest BCUT2D eigenvalue weighted by molar-refractivity contribution is -0.149. The maximum Gasteiger partial charge on any atom is 0.312 e. The third-order valence-corrected chi connectivity index (χ3v) is 6.57. The zero-order valence-corrected chi connectivity index (χ0v) is 17.1. The van der Waals surface area contributed by atoms with Gasteiger partial charge in [0.15, 0.2) is 0 Å². The first-order chi connectivity index (χ1) is 13.1. The molecule has 2 amide bonds. The number of hydrogen-bond acceptors (Lipinski definition) is 7. The van der Waals surface area contributed by atoms with Crippen LogP contribution < -0.4 is 4.90 Å². The molecule has 1 aliphatic carbocycles. The Labute approximate surface area is 164 Å². The molecule has 152 valence electrons. The Kier molecular flexibility index (Phi) is 4.56. The molecule has 9 nitrogen and oxygen atoms in total. The molecule has 2 atom stereocenters. The topological polar surface area (TPSA) is 104 Å². The minimum atomic E-state index is -3.48. The van der Waals surface area contributed by atoms with Crippen molar-refractivity contribution in [2.45, 2.75) is 23.9 Å². The molecule has 3 heterocycles. The molecule has 10 heteroatoms. The summed E-state index contributed by atoms with van der Waals surface area (Å²) in [5.74, 6) is 0.520. The van der Waals surface area contributed by atoms with Crippen LogP contribution >= 0.6 is 0 Å². The number of carbonyl (C=O) groups is 2. The van der Waals surface area contributed by atoms with Crippen molar-refractivity contribution in [2.24, 2.45) is 11.8 Å². The predicted octanol–water partition coefficient (Wildman–Crippen LogP) is -0.260. The van der Waals surface area contributed by atoms with E-state index in [9.17, 15) is 18.0 Å². The number of fused-ring (bicyclic) bond motifs is 1. The SMILES string of the molecule is CN(C)C(=O)C(=O)N1C[C@@H]2CN(c3cc(C4CC4)nc(S(C)(=O)=O)n3)C[C@@H]2C1. The summed E-state index contributed by atoms with van der Waals surface area (Å²) in [6, 6.07) is 1.91. The quantitative estimate of drug-likeness (QED) is 0.502. The highest BCUT2D eigenvalue weighted by Gasteiger charge is 2.43. The van der Waals surface area contributed by atoms with Crippen molar-refractivity contribution < 1.29 is 18.0 Å². The first-order valence-electron chi connectivity index (χ1n) is 9.48. The van der Waals surface area contributed by atoms with Gasteiger partial charge in [0, 0.05) is 70.4 Å². The smallest absolute Gasteiger partial charge is 0.312 e. The van der Waals surface area contributed by atoms with E-state index in [1.54, 1.807) is 19.0 Å². The lowest BCUT2D eigenvalue weighted by Gasteiger charge is -2.23. The Morgan fingerprint density at radius 3 is 2.18 bits per heavy atom. The molecule has 0 N–H and O–H groups in total. The highest BCUT2D eigenvalue weighted by molar-refractivity contribution is 7.90. The molecule has 2 saturated heterocycles. The van der Waals surface area contributed by atoms with E-state index in [1.807, 2.05) is 6.07 Å². The second-order valence-corrected chi connectivity index (χ2v) is 10.2. The number of hydrogen-bond donors (Lipinski definition) is 0. The summed E-state index contributed by atoms with van der Waals surface area (Å²) in [5.41, 5.74) is 0.802. The summed E-state index contributed by atoms with van der Waals surface area (Å²) in [5, 5.41) is -0.114. The molecule has 1 saturated carbocycles. The van der Waals surface area contributed by atoms with E-state index in [2.05, 4.69) is 14.9 Å². The molecular formula is C18H25N5O4S. The van der Waals surface area contributed by atoms with Crippen LogP contribution in [0.5, 0.6) is 0 Å². The third kappa shape index (κ3) is 3.57. The maximum atomic E-state index is 12.3. The molecule has 2 aliphatic heterocycles. The van der Waals surface area contributed by atoms with E-state index in [4.69, 9.17) is 0 Å². The predicted molar refractivity (Wildman–Crippen MR) is 102 cm³/mol. The second kappa shape index (κ2) is 6.68. The number of carbonyl (C=O) groups excluding carboxylic acids is 2. The van der Waals surface area contributed by atoms with Crippen molar-refractivity contribution in [3.05, 3.63) is 11.8 Å². The van der Waals surface area contributed by atoms with Gasteiger partial charge in [-0.3, -0.25) is 9.59 Å². The average Bonchev–Trinajstić information content (AvgIpc) is 3.29. The lowest BCUT2D eigenvalue weighted by Crippen LogP contribution is -2.42. The molecule has 3 aliphatic rings. The van der Waals surface area contributed by atoms with Gasteiger partial charge in [-0.25, -0.2) is 18.4 Å². The molecule has 1 aromatic rings. The Balaban J connectivity index is 1.50. The Hall–Kier alpha value is -2.23. The second-order valence-electron chi connectivity index (χ2n) is 8.31. The molecule has 3 fully saturated rings. The van der Waals surface area contributed by atoms with Crippen LogP contribution in [0.3, 0.4) is 0 Å². The van der Waals surface area contributed by atoms with E-state index >= 15 is 0 Å². The number of sulfone groups is 1. The van der Waals surface area contributed by atoms with Crippen LogP contribution in [0.15, 0.2) is 11.2 Å². The Morgan fingerprint density at radius 2 is 1.68 bits per heavy atom. The first-order valence-corrected chi connectivity index (χ1v) is 11.4. The molecule has 0 unspecified atom stereocenters. The van der Waals surface area contributed by atoms with Crippen molar-refractivity contribution in [2.75, 3.05) is 51.4 Å². The molecule has 0 radical (unpaired) electrons. The fourth-order valence-corrected chi connectivity index (χ4v) is 4.55.